The fourth-order valence-electron chi connectivity index (χ4n) is 1.95. The van der Waals surface area contributed by atoms with Crippen LogP contribution in [0.3, 0.4) is 0 Å². The van der Waals surface area contributed by atoms with E-state index in [1.807, 2.05) is 0 Å². The second-order valence-electron chi connectivity index (χ2n) is 4.77. The van der Waals surface area contributed by atoms with Crippen LogP contribution in [0.1, 0.15) is 18.4 Å². The Bertz CT molecular complexity index is 502. The second kappa shape index (κ2) is 6.47. The van der Waals surface area contributed by atoms with Crippen LogP contribution in [-0.2, 0) is 20.9 Å². The van der Waals surface area contributed by atoms with Gasteiger partial charge in [0.2, 0.25) is 5.91 Å². The number of carbonyl (C=O) groups is 2. The summed E-state index contributed by atoms with van der Waals surface area (Å²) in [6, 6.07) is 6.24. The van der Waals surface area contributed by atoms with Gasteiger partial charge in [0.1, 0.15) is 19.0 Å². The lowest BCUT2D eigenvalue weighted by molar-refractivity contribution is -0.146. The van der Waals surface area contributed by atoms with Gasteiger partial charge in [-0.3, -0.25) is 4.79 Å². The molecule has 2 rings (SSSR count). The number of carbonyl (C=O) groups excluding carboxylic acids is 1. The molecule has 0 saturated heterocycles. The molecule has 6 heteroatoms. The molecule has 1 aliphatic rings. The summed E-state index contributed by atoms with van der Waals surface area (Å²) in [5.41, 5.74) is 0.712. The third-order valence-electron chi connectivity index (χ3n) is 3.00. The van der Waals surface area contributed by atoms with E-state index in [0.717, 1.165) is 12.8 Å². The molecule has 0 heterocycles. The summed E-state index contributed by atoms with van der Waals surface area (Å²) >= 11 is 0. The third kappa shape index (κ3) is 4.31. The first-order valence-electron chi connectivity index (χ1n) is 6.39. The summed E-state index contributed by atoms with van der Waals surface area (Å²) in [5, 5.41) is 8.46. The van der Waals surface area contributed by atoms with Gasteiger partial charge in [0, 0.05) is 12.6 Å². The number of ether oxygens (including phenoxy) is 1. The Morgan fingerprint density at radius 1 is 1.35 bits per heavy atom. The number of hydrogen-bond donors (Lipinski definition) is 1. The van der Waals surface area contributed by atoms with Gasteiger partial charge in [-0.25, -0.2) is 9.18 Å². The number of halogens is 1. The highest BCUT2D eigenvalue weighted by atomic mass is 19.1. The van der Waals surface area contributed by atoms with Crippen LogP contribution in [-0.4, -0.2) is 41.1 Å². The SMILES string of the molecule is O=C(O)COCC(=O)N(Cc1cccc(F)c1)C1CC1. The fraction of sp³-hybridized carbons (Fsp3) is 0.429. The molecule has 0 spiro atoms. The van der Waals surface area contributed by atoms with Crippen LogP contribution in [0, 0.1) is 5.82 Å². The predicted molar refractivity (Wildman–Crippen MR) is 68.4 cm³/mol. The average Bonchev–Trinajstić information content (AvgIpc) is 3.19. The van der Waals surface area contributed by atoms with Gasteiger partial charge < -0.3 is 14.7 Å². The number of amides is 1. The normalized spacial score (nSPS) is 14.1. The van der Waals surface area contributed by atoms with Crippen molar-refractivity contribution in [3.8, 4) is 0 Å². The molecule has 1 aromatic carbocycles. The van der Waals surface area contributed by atoms with Crippen molar-refractivity contribution in [3.05, 3.63) is 35.6 Å². The Kier molecular flexibility index (Phi) is 4.68. The maximum atomic E-state index is 13.1. The van der Waals surface area contributed by atoms with Crippen LogP contribution in [0.25, 0.3) is 0 Å². The summed E-state index contributed by atoms with van der Waals surface area (Å²) in [4.78, 5) is 24.0. The van der Waals surface area contributed by atoms with Crippen LogP contribution in [0.4, 0.5) is 4.39 Å². The number of rotatable bonds is 7. The summed E-state index contributed by atoms with van der Waals surface area (Å²) < 4.78 is 17.9. The van der Waals surface area contributed by atoms with Crippen molar-refractivity contribution >= 4 is 11.9 Å². The first-order valence-corrected chi connectivity index (χ1v) is 6.39. The number of carboxylic acids is 1. The molecular formula is C14H16FNO4. The standard InChI is InChI=1S/C14H16FNO4/c15-11-3-1-2-10(6-11)7-16(12-4-5-12)13(17)8-20-9-14(18)19/h1-3,6,12H,4-5,7-9H2,(H,18,19). The average molecular weight is 281 g/mol. The number of aliphatic carboxylic acids is 1. The van der Waals surface area contributed by atoms with Crippen LogP contribution < -0.4 is 0 Å². The largest absolute Gasteiger partial charge is 0.480 e. The molecule has 1 amide bonds. The first-order chi connectivity index (χ1) is 9.56. The maximum absolute atomic E-state index is 13.1. The minimum absolute atomic E-state index is 0.152. The maximum Gasteiger partial charge on any atom is 0.329 e. The van der Waals surface area contributed by atoms with E-state index in [1.54, 1.807) is 17.0 Å². The van der Waals surface area contributed by atoms with Crippen molar-refractivity contribution < 1.29 is 23.8 Å². The van der Waals surface area contributed by atoms with Crippen LogP contribution in [0.15, 0.2) is 24.3 Å². The lowest BCUT2D eigenvalue weighted by Gasteiger charge is -2.22. The van der Waals surface area contributed by atoms with Crippen molar-refractivity contribution in [2.75, 3.05) is 13.2 Å². The summed E-state index contributed by atoms with van der Waals surface area (Å²) in [5.74, 6) is -1.72. The van der Waals surface area contributed by atoms with Crippen molar-refractivity contribution in [3.63, 3.8) is 0 Å². The zero-order valence-electron chi connectivity index (χ0n) is 10.9. The van der Waals surface area contributed by atoms with E-state index >= 15 is 0 Å². The molecule has 1 N–H and O–H groups in total. The highest BCUT2D eigenvalue weighted by Gasteiger charge is 2.32. The Morgan fingerprint density at radius 2 is 2.10 bits per heavy atom. The highest BCUT2D eigenvalue weighted by molar-refractivity contribution is 5.78. The third-order valence-corrected chi connectivity index (χ3v) is 3.00. The van der Waals surface area contributed by atoms with E-state index in [0.29, 0.717) is 12.1 Å². The molecule has 5 nitrogen and oxygen atoms in total. The number of benzene rings is 1. The summed E-state index contributed by atoms with van der Waals surface area (Å²) in [6.45, 7) is -0.444. The molecule has 1 saturated carbocycles. The molecule has 0 unspecified atom stereocenters. The Labute approximate surface area is 116 Å². The van der Waals surface area contributed by atoms with Crippen molar-refractivity contribution in [1.29, 1.82) is 0 Å². The van der Waals surface area contributed by atoms with E-state index in [2.05, 4.69) is 0 Å². The second-order valence-corrected chi connectivity index (χ2v) is 4.77. The van der Waals surface area contributed by atoms with Gasteiger partial charge in [-0.05, 0) is 30.5 Å². The molecule has 1 fully saturated rings. The molecule has 0 radical (unpaired) electrons. The van der Waals surface area contributed by atoms with Gasteiger partial charge in [-0.1, -0.05) is 12.1 Å². The zero-order chi connectivity index (χ0) is 14.5. The van der Waals surface area contributed by atoms with Gasteiger partial charge >= 0.3 is 5.97 Å². The molecule has 0 bridgehead atoms. The molecule has 108 valence electrons. The van der Waals surface area contributed by atoms with E-state index in [9.17, 15) is 14.0 Å². The molecule has 0 atom stereocenters. The summed E-state index contributed by atoms with van der Waals surface area (Å²) in [6.07, 6.45) is 1.83. The molecule has 0 aromatic heterocycles. The summed E-state index contributed by atoms with van der Waals surface area (Å²) in [7, 11) is 0. The minimum Gasteiger partial charge on any atom is -0.480 e. The first kappa shape index (κ1) is 14.5. The molecular weight excluding hydrogens is 265 g/mol. The Hall–Kier alpha value is -1.95. The fourth-order valence-corrected chi connectivity index (χ4v) is 1.95. The van der Waals surface area contributed by atoms with E-state index < -0.39 is 12.6 Å². The number of nitrogens with zero attached hydrogens (tertiary/aromatic N) is 1. The smallest absolute Gasteiger partial charge is 0.329 e. The van der Waals surface area contributed by atoms with Gasteiger partial charge in [-0.2, -0.15) is 0 Å². The quantitative estimate of drug-likeness (QED) is 0.820. The van der Waals surface area contributed by atoms with E-state index in [1.165, 1.54) is 12.1 Å². The Morgan fingerprint density at radius 3 is 2.70 bits per heavy atom. The van der Waals surface area contributed by atoms with Gasteiger partial charge in [-0.15, -0.1) is 0 Å². The van der Waals surface area contributed by atoms with Crippen LogP contribution >= 0.6 is 0 Å². The molecule has 20 heavy (non-hydrogen) atoms. The lowest BCUT2D eigenvalue weighted by Crippen LogP contribution is -2.35. The van der Waals surface area contributed by atoms with Gasteiger partial charge in [0.15, 0.2) is 0 Å². The zero-order valence-corrected chi connectivity index (χ0v) is 10.9. The van der Waals surface area contributed by atoms with Crippen molar-refractivity contribution in [2.24, 2.45) is 0 Å². The molecule has 1 aliphatic carbocycles. The van der Waals surface area contributed by atoms with E-state index in [-0.39, 0.29) is 24.4 Å². The van der Waals surface area contributed by atoms with Gasteiger partial charge in [0.05, 0.1) is 0 Å². The van der Waals surface area contributed by atoms with Crippen molar-refractivity contribution in [1.82, 2.24) is 4.90 Å². The topological polar surface area (TPSA) is 66.8 Å². The monoisotopic (exact) mass is 281 g/mol. The van der Waals surface area contributed by atoms with Crippen LogP contribution in [0.2, 0.25) is 0 Å². The van der Waals surface area contributed by atoms with E-state index in [4.69, 9.17) is 9.84 Å². The highest BCUT2D eigenvalue weighted by Crippen LogP contribution is 2.28. The van der Waals surface area contributed by atoms with Crippen molar-refractivity contribution in [2.45, 2.75) is 25.4 Å². The molecule has 1 aromatic rings. The number of carboxylic acid groups (broad SMARTS) is 1. The molecule has 0 aliphatic heterocycles. The Balaban J connectivity index is 1.93. The number of hydrogen-bond acceptors (Lipinski definition) is 3. The predicted octanol–water partition coefficient (Wildman–Crippen LogP) is 1.42. The van der Waals surface area contributed by atoms with Crippen LogP contribution in [0.5, 0.6) is 0 Å². The lowest BCUT2D eigenvalue weighted by atomic mass is 10.2. The van der Waals surface area contributed by atoms with Gasteiger partial charge in [0.25, 0.3) is 0 Å². The minimum atomic E-state index is -1.11.